The van der Waals surface area contributed by atoms with Crippen molar-refractivity contribution < 1.29 is 13.9 Å². The van der Waals surface area contributed by atoms with Crippen LogP contribution in [0.25, 0.3) is 11.1 Å². The first-order valence-electron chi connectivity index (χ1n) is 9.21. The molecule has 1 atom stereocenters. The topological polar surface area (TPSA) is 58.8 Å². The molecule has 6 heteroatoms. The fourth-order valence-electron chi connectivity index (χ4n) is 3.49. The van der Waals surface area contributed by atoms with Crippen LogP contribution in [0.15, 0.2) is 28.7 Å². The highest BCUT2D eigenvalue weighted by Gasteiger charge is 2.27. The molecule has 1 aliphatic rings. The van der Waals surface area contributed by atoms with E-state index in [1.807, 2.05) is 31.2 Å². The minimum atomic E-state index is -0.178. The van der Waals surface area contributed by atoms with Gasteiger partial charge in [-0.15, -0.1) is 0 Å². The molecule has 0 radical (unpaired) electrons. The number of esters is 1. The van der Waals surface area contributed by atoms with Gasteiger partial charge in [0.1, 0.15) is 5.52 Å². The summed E-state index contributed by atoms with van der Waals surface area (Å²) in [6.45, 7) is 7.99. The van der Waals surface area contributed by atoms with Gasteiger partial charge in [0.25, 0.3) is 6.01 Å². The molecule has 0 bridgehead atoms. The number of carbonyl (C=O) groups is 1. The number of benzene rings is 1. The average Bonchev–Trinajstić information content (AvgIpc) is 3.24. The number of ether oxygens (including phenoxy) is 1. The summed E-state index contributed by atoms with van der Waals surface area (Å²) < 4.78 is 11.0. The van der Waals surface area contributed by atoms with Crippen molar-refractivity contribution >= 4 is 23.1 Å². The van der Waals surface area contributed by atoms with Crippen molar-refractivity contribution in [2.45, 2.75) is 39.2 Å². The number of hydrogen-bond donors (Lipinski definition) is 0. The summed E-state index contributed by atoms with van der Waals surface area (Å²) in [6, 6.07) is 8.82. The molecule has 0 aliphatic carbocycles. The number of oxazole rings is 1. The predicted molar refractivity (Wildman–Crippen MR) is 97.7 cm³/mol. The zero-order valence-electron chi connectivity index (χ0n) is 15.1. The fourth-order valence-corrected chi connectivity index (χ4v) is 3.49. The van der Waals surface area contributed by atoms with E-state index in [1.165, 1.54) is 12.8 Å². The normalized spacial score (nSPS) is 17.9. The Kier molecular flexibility index (Phi) is 5.91. The van der Waals surface area contributed by atoms with E-state index in [-0.39, 0.29) is 5.97 Å². The predicted octanol–water partition coefficient (Wildman–Crippen LogP) is 3.07. The maximum atomic E-state index is 11.8. The Balaban J connectivity index is 1.76. The second-order valence-electron chi connectivity index (χ2n) is 6.39. The Morgan fingerprint density at radius 1 is 1.40 bits per heavy atom. The van der Waals surface area contributed by atoms with Crippen molar-refractivity contribution in [1.29, 1.82) is 0 Å². The van der Waals surface area contributed by atoms with E-state index < -0.39 is 0 Å². The Morgan fingerprint density at radius 3 is 3.00 bits per heavy atom. The van der Waals surface area contributed by atoms with Crippen molar-refractivity contribution in [1.82, 2.24) is 9.88 Å². The molecule has 2 aromatic rings. The monoisotopic (exact) mass is 345 g/mol. The standard InChI is InChI=1S/C19H27N3O3/c1-3-21-12-7-8-15(21)14-22(13-11-18(23)24-4-2)19-20-16-9-5-6-10-17(16)25-19/h5-6,9-10,15H,3-4,7-8,11-14H2,1-2H3/t15-/m0/s1. The van der Waals surface area contributed by atoms with Crippen molar-refractivity contribution in [2.75, 3.05) is 37.7 Å². The molecule has 6 nitrogen and oxygen atoms in total. The highest BCUT2D eigenvalue weighted by Crippen LogP contribution is 2.25. The molecule has 2 heterocycles. The molecule has 0 saturated carbocycles. The van der Waals surface area contributed by atoms with Crippen molar-refractivity contribution in [3.63, 3.8) is 0 Å². The molecular formula is C19H27N3O3. The smallest absolute Gasteiger partial charge is 0.307 e. The third-order valence-corrected chi connectivity index (χ3v) is 4.78. The molecule has 1 aromatic carbocycles. The lowest BCUT2D eigenvalue weighted by Gasteiger charge is -2.29. The largest absolute Gasteiger partial charge is 0.466 e. The number of fused-ring (bicyclic) bond motifs is 1. The molecule has 1 saturated heterocycles. The van der Waals surface area contributed by atoms with Crippen LogP contribution in [0.1, 0.15) is 33.1 Å². The van der Waals surface area contributed by atoms with E-state index in [0.717, 1.165) is 30.7 Å². The zero-order valence-corrected chi connectivity index (χ0v) is 15.1. The van der Waals surface area contributed by atoms with E-state index in [1.54, 1.807) is 0 Å². The zero-order chi connectivity index (χ0) is 17.6. The molecule has 1 aliphatic heterocycles. The second-order valence-corrected chi connectivity index (χ2v) is 6.39. The lowest BCUT2D eigenvalue weighted by atomic mass is 10.2. The Morgan fingerprint density at radius 2 is 2.24 bits per heavy atom. The molecule has 25 heavy (non-hydrogen) atoms. The van der Waals surface area contributed by atoms with Gasteiger partial charge in [-0.2, -0.15) is 4.98 Å². The maximum Gasteiger partial charge on any atom is 0.307 e. The van der Waals surface area contributed by atoms with Crippen LogP contribution in [0, 0.1) is 0 Å². The van der Waals surface area contributed by atoms with Crippen LogP contribution in [0.3, 0.4) is 0 Å². The van der Waals surface area contributed by atoms with Crippen molar-refractivity contribution in [2.24, 2.45) is 0 Å². The van der Waals surface area contributed by atoms with Crippen molar-refractivity contribution in [3.05, 3.63) is 24.3 Å². The average molecular weight is 345 g/mol. The molecular weight excluding hydrogens is 318 g/mol. The number of aromatic nitrogens is 1. The highest BCUT2D eigenvalue weighted by molar-refractivity contribution is 5.74. The van der Waals surface area contributed by atoms with Gasteiger partial charge in [-0.1, -0.05) is 19.1 Å². The molecule has 0 N–H and O–H groups in total. The van der Waals surface area contributed by atoms with Crippen LogP contribution >= 0.6 is 0 Å². The number of likely N-dealkylation sites (N-methyl/N-ethyl adjacent to an activating group) is 1. The SMILES string of the molecule is CCOC(=O)CCN(C[C@@H]1CCCN1CC)c1nc2ccccc2o1. The number of carbonyl (C=O) groups excluding carboxylic acids is 1. The van der Waals surface area contributed by atoms with E-state index >= 15 is 0 Å². The number of rotatable bonds is 8. The Hall–Kier alpha value is -2.08. The van der Waals surface area contributed by atoms with Gasteiger partial charge in [0.2, 0.25) is 0 Å². The summed E-state index contributed by atoms with van der Waals surface area (Å²) in [4.78, 5) is 21.0. The molecule has 0 unspecified atom stereocenters. The van der Waals surface area contributed by atoms with E-state index in [9.17, 15) is 4.79 Å². The number of likely N-dealkylation sites (tertiary alicyclic amines) is 1. The first kappa shape index (κ1) is 17.7. The van der Waals surface area contributed by atoms with E-state index in [0.29, 0.717) is 31.6 Å². The summed E-state index contributed by atoms with van der Waals surface area (Å²) in [5, 5.41) is 0. The van der Waals surface area contributed by atoms with E-state index in [2.05, 4.69) is 21.7 Å². The second kappa shape index (κ2) is 8.34. The van der Waals surface area contributed by atoms with Crippen LogP contribution < -0.4 is 4.90 Å². The molecule has 3 rings (SSSR count). The maximum absolute atomic E-state index is 11.8. The molecule has 1 aromatic heterocycles. The summed E-state index contributed by atoms with van der Waals surface area (Å²) in [7, 11) is 0. The van der Waals surface area contributed by atoms with Gasteiger partial charge in [0, 0.05) is 19.1 Å². The van der Waals surface area contributed by atoms with Crippen molar-refractivity contribution in [3.8, 4) is 0 Å². The third-order valence-electron chi connectivity index (χ3n) is 4.78. The summed E-state index contributed by atoms with van der Waals surface area (Å²) in [5.74, 6) is -0.178. The molecule has 0 spiro atoms. The lowest BCUT2D eigenvalue weighted by Crippen LogP contribution is -2.41. The van der Waals surface area contributed by atoms with Gasteiger partial charge in [0.15, 0.2) is 5.58 Å². The molecule has 1 fully saturated rings. The molecule has 136 valence electrons. The fraction of sp³-hybridized carbons (Fsp3) is 0.579. The molecule has 0 amide bonds. The number of anilines is 1. The first-order valence-corrected chi connectivity index (χ1v) is 9.21. The van der Waals surface area contributed by atoms with Gasteiger partial charge in [0.05, 0.1) is 13.0 Å². The van der Waals surface area contributed by atoms with E-state index in [4.69, 9.17) is 9.15 Å². The minimum Gasteiger partial charge on any atom is -0.466 e. The Bertz CT molecular complexity index is 667. The van der Waals surface area contributed by atoms with Gasteiger partial charge in [-0.3, -0.25) is 9.69 Å². The number of hydrogen-bond acceptors (Lipinski definition) is 6. The highest BCUT2D eigenvalue weighted by atomic mass is 16.5. The summed E-state index contributed by atoms with van der Waals surface area (Å²) in [5.41, 5.74) is 1.62. The van der Waals surface area contributed by atoms with Gasteiger partial charge in [-0.25, -0.2) is 0 Å². The minimum absolute atomic E-state index is 0.178. The van der Waals surface area contributed by atoms with Crippen LogP contribution in [0.4, 0.5) is 6.01 Å². The first-order chi connectivity index (χ1) is 12.2. The number of para-hydroxylation sites is 2. The van der Waals surface area contributed by atoms with Gasteiger partial charge < -0.3 is 14.1 Å². The summed E-state index contributed by atoms with van der Waals surface area (Å²) in [6.07, 6.45) is 2.73. The van der Waals surface area contributed by atoms with Gasteiger partial charge in [-0.05, 0) is 45.0 Å². The van der Waals surface area contributed by atoms with Crippen LogP contribution in [-0.2, 0) is 9.53 Å². The van der Waals surface area contributed by atoms with Crippen LogP contribution in [0.5, 0.6) is 0 Å². The lowest BCUT2D eigenvalue weighted by molar-refractivity contribution is -0.142. The Labute approximate surface area is 148 Å². The summed E-state index contributed by atoms with van der Waals surface area (Å²) >= 11 is 0. The third kappa shape index (κ3) is 4.31. The quantitative estimate of drug-likeness (QED) is 0.685. The number of nitrogens with zero attached hydrogens (tertiary/aromatic N) is 3. The van der Waals surface area contributed by atoms with Gasteiger partial charge >= 0.3 is 5.97 Å². The van der Waals surface area contributed by atoms with Crippen LogP contribution in [0.2, 0.25) is 0 Å². The van der Waals surface area contributed by atoms with Crippen LogP contribution in [-0.4, -0.2) is 54.7 Å².